The molecule has 5 heteroatoms. The van der Waals surface area contributed by atoms with Gasteiger partial charge in [0.15, 0.2) is 11.5 Å². The fourth-order valence-electron chi connectivity index (χ4n) is 1.73. The van der Waals surface area contributed by atoms with E-state index >= 15 is 0 Å². The summed E-state index contributed by atoms with van der Waals surface area (Å²) in [5.41, 5.74) is 0.660. The van der Waals surface area contributed by atoms with Gasteiger partial charge in [0.1, 0.15) is 19.8 Å². The maximum Gasteiger partial charge on any atom is 0.246 e. The summed E-state index contributed by atoms with van der Waals surface area (Å²) in [5.74, 6) is 1.35. The van der Waals surface area contributed by atoms with E-state index < -0.39 is 0 Å². The van der Waals surface area contributed by atoms with Gasteiger partial charge in [-0.15, -0.1) is 0 Å². The molecule has 2 rings (SSSR count). The Labute approximate surface area is 119 Å². The molecule has 0 bridgehead atoms. The molecule has 0 spiro atoms. The number of fused-ring (bicyclic) bond motifs is 1. The molecule has 0 saturated carbocycles. The van der Waals surface area contributed by atoms with Crippen LogP contribution in [0.2, 0.25) is 0 Å². The third kappa shape index (κ3) is 4.42. The van der Waals surface area contributed by atoms with Gasteiger partial charge in [0, 0.05) is 6.54 Å². The summed E-state index contributed by atoms with van der Waals surface area (Å²) in [6.45, 7) is 7.40. The van der Waals surface area contributed by atoms with Crippen molar-refractivity contribution in [2.24, 2.45) is 0 Å². The van der Waals surface area contributed by atoms with Crippen molar-refractivity contribution < 1.29 is 19.0 Å². The molecule has 0 unspecified atom stereocenters. The van der Waals surface area contributed by atoms with Crippen molar-refractivity contribution in [3.8, 4) is 11.5 Å². The summed E-state index contributed by atoms with van der Waals surface area (Å²) in [7, 11) is 0. The Hall–Kier alpha value is -1.75. The number of ether oxygens (including phenoxy) is 3. The smallest absolute Gasteiger partial charge is 0.246 e. The molecule has 1 N–H and O–H groups in total. The van der Waals surface area contributed by atoms with Gasteiger partial charge in [-0.25, -0.2) is 0 Å². The lowest BCUT2D eigenvalue weighted by Gasteiger charge is -2.20. The summed E-state index contributed by atoms with van der Waals surface area (Å²) in [4.78, 5) is 11.7. The third-order valence-electron chi connectivity index (χ3n) is 2.73. The third-order valence-corrected chi connectivity index (χ3v) is 2.73. The van der Waals surface area contributed by atoms with Crippen LogP contribution in [0.15, 0.2) is 18.2 Å². The normalized spacial score (nSPS) is 13.9. The van der Waals surface area contributed by atoms with Gasteiger partial charge in [0.2, 0.25) is 5.91 Å². The van der Waals surface area contributed by atoms with Gasteiger partial charge in [-0.05, 0) is 38.5 Å². The van der Waals surface area contributed by atoms with Crippen LogP contribution in [0.5, 0.6) is 11.5 Å². The molecular formula is C15H21NO4. The first-order valence-corrected chi connectivity index (χ1v) is 6.73. The van der Waals surface area contributed by atoms with Crippen molar-refractivity contribution in [2.45, 2.75) is 32.9 Å². The number of hydrogen-bond acceptors (Lipinski definition) is 4. The van der Waals surface area contributed by atoms with Crippen molar-refractivity contribution in [2.75, 3.05) is 19.8 Å². The Bertz CT molecular complexity index is 479. The van der Waals surface area contributed by atoms with E-state index in [4.69, 9.17) is 14.2 Å². The van der Waals surface area contributed by atoms with E-state index in [0.29, 0.717) is 19.8 Å². The van der Waals surface area contributed by atoms with Crippen LogP contribution in [0, 0.1) is 0 Å². The largest absolute Gasteiger partial charge is 0.486 e. The zero-order valence-corrected chi connectivity index (χ0v) is 12.2. The molecule has 0 fully saturated rings. The Morgan fingerprint density at radius 1 is 1.25 bits per heavy atom. The highest BCUT2D eigenvalue weighted by Crippen LogP contribution is 2.30. The van der Waals surface area contributed by atoms with Crippen LogP contribution in [-0.4, -0.2) is 31.3 Å². The summed E-state index contributed by atoms with van der Waals surface area (Å²) in [5, 5.41) is 2.82. The number of carbonyl (C=O) groups is 1. The molecule has 1 aromatic carbocycles. The number of nitrogens with one attached hydrogen (secondary N) is 1. The first kappa shape index (κ1) is 14.7. The molecule has 1 heterocycles. The van der Waals surface area contributed by atoms with Crippen molar-refractivity contribution in [3.05, 3.63) is 23.8 Å². The minimum atomic E-state index is -0.311. The van der Waals surface area contributed by atoms with Crippen LogP contribution in [-0.2, 0) is 16.1 Å². The molecule has 20 heavy (non-hydrogen) atoms. The van der Waals surface area contributed by atoms with Crippen LogP contribution in [0.3, 0.4) is 0 Å². The van der Waals surface area contributed by atoms with E-state index in [1.54, 1.807) is 0 Å². The first-order valence-electron chi connectivity index (χ1n) is 6.73. The van der Waals surface area contributed by atoms with Crippen molar-refractivity contribution >= 4 is 5.91 Å². The summed E-state index contributed by atoms with van der Waals surface area (Å²) >= 11 is 0. The SMILES string of the molecule is CC(C)(C)OCC(=O)NCc1ccc2c(c1)OCCO2. The zero-order valence-electron chi connectivity index (χ0n) is 12.2. The van der Waals surface area contributed by atoms with Crippen molar-refractivity contribution in [1.82, 2.24) is 5.32 Å². The van der Waals surface area contributed by atoms with Crippen LogP contribution in [0.1, 0.15) is 26.3 Å². The molecule has 0 aromatic heterocycles. The Kier molecular flexibility index (Phi) is 4.49. The van der Waals surface area contributed by atoms with E-state index in [-0.39, 0.29) is 18.1 Å². The zero-order chi connectivity index (χ0) is 14.6. The number of carbonyl (C=O) groups excluding carboxylic acids is 1. The second-order valence-corrected chi connectivity index (χ2v) is 5.66. The number of benzene rings is 1. The van der Waals surface area contributed by atoms with E-state index in [9.17, 15) is 4.79 Å². The monoisotopic (exact) mass is 279 g/mol. The molecule has 0 aliphatic carbocycles. The maximum absolute atomic E-state index is 11.7. The van der Waals surface area contributed by atoms with Gasteiger partial charge in [-0.1, -0.05) is 6.07 Å². The molecule has 1 aromatic rings. The quantitative estimate of drug-likeness (QED) is 0.914. The van der Waals surface area contributed by atoms with E-state index in [0.717, 1.165) is 17.1 Å². The molecule has 1 amide bonds. The van der Waals surface area contributed by atoms with E-state index in [1.165, 1.54) is 0 Å². The van der Waals surface area contributed by atoms with Crippen LogP contribution in [0.25, 0.3) is 0 Å². The van der Waals surface area contributed by atoms with Crippen LogP contribution >= 0.6 is 0 Å². The molecule has 1 aliphatic rings. The fourth-order valence-corrected chi connectivity index (χ4v) is 1.73. The molecule has 0 saturated heterocycles. The summed E-state index contributed by atoms with van der Waals surface area (Å²) < 4.78 is 16.4. The highest BCUT2D eigenvalue weighted by Gasteiger charge is 2.14. The molecular weight excluding hydrogens is 258 g/mol. The number of hydrogen-bond donors (Lipinski definition) is 1. The minimum Gasteiger partial charge on any atom is -0.486 e. The number of rotatable bonds is 4. The van der Waals surface area contributed by atoms with Gasteiger partial charge in [0.25, 0.3) is 0 Å². The predicted octanol–water partition coefficient (Wildman–Crippen LogP) is 1.89. The molecule has 110 valence electrons. The van der Waals surface area contributed by atoms with Gasteiger partial charge in [0.05, 0.1) is 5.60 Å². The molecule has 0 radical (unpaired) electrons. The Morgan fingerprint density at radius 2 is 1.95 bits per heavy atom. The highest BCUT2D eigenvalue weighted by atomic mass is 16.6. The lowest BCUT2D eigenvalue weighted by molar-refractivity contribution is -0.130. The Balaban J connectivity index is 1.83. The second kappa shape index (κ2) is 6.13. The maximum atomic E-state index is 11.7. The number of amides is 1. The Morgan fingerprint density at radius 3 is 2.65 bits per heavy atom. The second-order valence-electron chi connectivity index (χ2n) is 5.66. The fraction of sp³-hybridized carbons (Fsp3) is 0.533. The molecule has 1 aliphatic heterocycles. The standard InChI is InChI=1S/C15H21NO4/c1-15(2,3)20-10-14(17)16-9-11-4-5-12-13(8-11)19-7-6-18-12/h4-5,8H,6-7,9-10H2,1-3H3,(H,16,17). The van der Waals surface area contributed by atoms with E-state index in [1.807, 2.05) is 39.0 Å². The van der Waals surface area contributed by atoms with Gasteiger partial charge in [-0.3, -0.25) is 4.79 Å². The average molecular weight is 279 g/mol. The van der Waals surface area contributed by atoms with Crippen LogP contribution < -0.4 is 14.8 Å². The summed E-state index contributed by atoms with van der Waals surface area (Å²) in [6.07, 6.45) is 0. The van der Waals surface area contributed by atoms with Gasteiger partial charge in [-0.2, -0.15) is 0 Å². The molecule has 5 nitrogen and oxygen atoms in total. The van der Waals surface area contributed by atoms with E-state index in [2.05, 4.69) is 5.32 Å². The topological polar surface area (TPSA) is 56.8 Å². The highest BCUT2D eigenvalue weighted by molar-refractivity contribution is 5.77. The van der Waals surface area contributed by atoms with Crippen LogP contribution in [0.4, 0.5) is 0 Å². The van der Waals surface area contributed by atoms with Gasteiger partial charge < -0.3 is 19.5 Å². The van der Waals surface area contributed by atoms with Gasteiger partial charge >= 0.3 is 0 Å². The first-order chi connectivity index (χ1) is 9.44. The lowest BCUT2D eigenvalue weighted by Crippen LogP contribution is -2.31. The van der Waals surface area contributed by atoms with Crippen molar-refractivity contribution in [3.63, 3.8) is 0 Å². The minimum absolute atomic E-state index is 0.0635. The average Bonchev–Trinajstić information content (AvgIpc) is 2.42. The predicted molar refractivity (Wildman–Crippen MR) is 75.0 cm³/mol. The summed E-state index contributed by atoms with van der Waals surface area (Å²) in [6, 6.07) is 5.67. The lowest BCUT2D eigenvalue weighted by atomic mass is 10.2. The van der Waals surface area contributed by atoms with Crippen molar-refractivity contribution in [1.29, 1.82) is 0 Å². The molecule has 0 atom stereocenters.